The minimum atomic E-state index is -0.460. The number of hydrogen-bond donors (Lipinski definition) is 2. The molecule has 3 nitrogen and oxygen atoms in total. The van der Waals surface area contributed by atoms with E-state index in [1.165, 1.54) is 0 Å². The maximum atomic E-state index is 10.3. The second-order valence-corrected chi connectivity index (χ2v) is 5.58. The van der Waals surface area contributed by atoms with Crippen molar-refractivity contribution < 1.29 is 9.84 Å². The maximum absolute atomic E-state index is 10.3. The summed E-state index contributed by atoms with van der Waals surface area (Å²) in [5.74, 6) is 1.54. The lowest BCUT2D eigenvalue weighted by atomic mass is 9.97. The van der Waals surface area contributed by atoms with Crippen LogP contribution in [0.4, 0.5) is 0 Å². The lowest BCUT2D eigenvalue weighted by Crippen LogP contribution is -2.24. The van der Waals surface area contributed by atoms with Crippen LogP contribution in [0.3, 0.4) is 0 Å². The summed E-state index contributed by atoms with van der Waals surface area (Å²) in [6, 6.07) is 3.94. The van der Waals surface area contributed by atoms with Gasteiger partial charge in [0, 0.05) is 6.54 Å². The molecule has 0 bridgehead atoms. The highest BCUT2D eigenvalue weighted by Crippen LogP contribution is 2.26. The van der Waals surface area contributed by atoms with Crippen molar-refractivity contribution in [2.24, 2.45) is 5.92 Å². The Morgan fingerprint density at radius 2 is 1.79 bits per heavy atom. The lowest BCUT2D eigenvalue weighted by Gasteiger charge is -2.18. The van der Waals surface area contributed by atoms with Crippen molar-refractivity contribution in [3.05, 3.63) is 28.8 Å². The van der Waals surface area contributed by atoms with E-state index < -0.39 is 6.10 Å². The van der Waals surface area contributed by atoms with E-state index in [0.29, 0.717) is 12.5 Å². The molecule has 0 aliphatic carbocycles. The molecule has 0 amide bonds. The van der Waals surface area contributed by atoms with E-state index in [1.807, 2.05) is 26.0 Å². The van der Waals surface area contributed by atoms with Crippen molar-refractivity contribution in [3.63, 3.8) is 0 Å². The molecule has 1 atom stereocenters. The molecular weight excluding hydrogens is 238 g/mol. The van der Waals surface area contributed by atoms with Crippen LogP contribution in [-0.2, 0) is 0 Å². The average Bonchev–Trinajstić information content (AvgIpc) is 2.33. The molecule has 3 heteroatoms. The second kappa shape index (κ2) is 7.51. The molecule has 1 unspecified atom stereocenters. The fourth-order valence-corrected chi connectivity index (χ4v) is 2.31. The maximum Gasteiger partial charge on any atom is 0.119 e. The summed E-state index contributed by atoms with van der Waals surface area (Å²) in [5, 5.41) is 13.6. The average molecular weight is 265 g/mol. The Balaban J connectivity index is 2.64. The van der Waals surface area contributed by atoms with Crippen LogP contribution < -0.4 is 10.1 Å². The normalized spacial score (nSPS) is 12.8. The van der Waals surface area contributed by atoms with Crippen LogP contribution >= 0.6 is 0 Å². The molecule has 0 radical (unpaired) electrons. The SMILES string of the molecule is COc1cc(C)c(C(O)CNCCC(C)C)c(C)c1. The zero-order valence-electron chi connectivity index (χ0n) is 12.8. The second-order valence-electron chi connectivity index (χ2n) is 5.58. The summed E-state index contributed by atoms with van der Waals surface area (Å²) in [6.45, 7) is 9.99. The number of rotatable bonds is 7. The van der Waals surface area contributed by atoms with E-state index in [4.69, 9.17) is 4.74 Å². The van der Waals surface area contributed by atoms with Gasteiger partial charge in [-0.05, 0) is 61.6 Å². The summed E-state index contributed by atoms with van der Waals surface area (Å²) in [4.78, 5) is 0. The van der Waals surface area contributed by atoms with E-state index in [1.54, 1.807) is 7.11 Å². The monoisotopic (exact) mass is 265 g/mol. The van der Waals surface area contributed by atoms with E-state index in [0.717, 1.165) is 35.4 Å². The number of benzene rings is 1. The highest BCUT2D eigenvalue weighted by atomic mass is 16.5. The first-order valence-corrected chi connectivity index (χ1v) is 6.99. The van der Waals surface area contributed by atoms with Gasteiger partial charge in [0.2, 0.25) is 0 Å². The Labute approximate surface area is 117 Å². The van der Waals surface area contributed by atoms with Gasteiger partial charge in [-0.3, -0.25) is 0 Å². The van der Waals surface area contributed by atoms with Gasteiger partial charge in [0.25, 0.3) is 0 Å². The van der Waals surface area contributed by atoms with Crippen molar-refractivity contribution in [2.75, 3.05) is 20.2 Å². The van der Waals surface area contributed by atoms with Crippen molar-refractivity contribution >= 4 is 0 Å². The first-order valence-electron chi connectivity index (χ1n) is 6.99. The molecule has 108 valence electrons. The largest absolute Gasteiger partial charge is 0.497 e. The number of aliphatic hydroxyl groups excluding tert-OH is 1. The van der Waals surface area contributed by atoms with Gasteiger partial charge in [0.15, 0.2) is 0 Å². The predicted molar refractivity (Wildman–Crippen MR) is 79.8 cm³/mol. The van der Waals surface area contributed by atoms with Crippen molar-refractivity contribution in [2.45, 2.75) is 40.2 Å². The molecule has 0 aliphatic heterocycles. The van der Waals surface area contributed by atoms with Gasteiger partial charge < -0.3 is 15.2 Å². The molecule has 1 aromatic carbocycles. The van der Waals surface area contributed by atoms with E-state index in [-0.39, 0.29) is 0 Å². The number of aliphatic hydroxyl groups is 1. The van der Waals surface area contributed by atoms with Gasteiger partial charge in [0.05, 0.1) is 13.2 Å². The van der Waals surface area contributed by atoms with Crippen molar-refractivity contribution in [3.8, 4) is 5.75 Å². The van der Waals surface area contributed by atoms with Crippen LogP contribution in [0, 0.1) is 19.8 Å². The minimum absolute atomic E-state index is 0.460. The fourth-order valence-electron chi connectivity index (χ4n) is 2.31. The molecule has 0 aliphatic rings. The number of hydrogen-bond acceptors (Lipinski definition) is 3. The van der Waals surface area contributed by atoms with Crippen LogP contribution in [0.1, 0.15) is 43.1 Å². The molecule has 2 N–H and O–H groups in total. The molecule has 19 heavy (non-hydrogen) atoms. The molecule has 0 aromatic heterocycles. The Morgan fingerprint density at radius 3 is 2.26 bits per heavy atom. The zero-order chi connectivity index (χ0) is 14.4. The molecule has 0 fully saturated rings. The molecule has 1 aromatic rings. The molecule has 0 saturated heterocycles. The summed E-state index contributed by atoms with van der Waals surface area (Å²) in [6.07, 6.45) is 0.672. The van der Waals surface area contributed by atoms with Gasteiger partial charge in [0.1, 0.15) is 5.75 Å². The van der Waals surface area contributed by atoms with Gasteiger partial charge in [-0.2, -0.15) is 0 Å². The molecule has 0 spiro atoms. The Morgan fingerprint density at radius 1 is 1.21 bits per heavy atom. The van der Waals surface area contributed by atoms with Crippen molar-refractivity contribution in [1.29, 1.82) is 0 Å². The number of methoxy groups -OCH3 is 1. The third-order valence-corrected chi connectivity index (χ3v) is 3.37. The van der Waals surface area contributed by atoms with Gasteiger partial charge in [-0.25, -0.2) is 0 Å². The number of ether oxygens (including phenoxy) is 1. The molecule has 0 saturated carbocycles. The summed E-state index contributed by atoms with van der Waals surface area (Å²) >= 11 is 0. The smallest absolute Gasteiger partial charge is 0.119 e. The van der Waals surface area contributed by atoms with E-state index in [9.17, 15) is 5.11 Å². The first-order chi connectivity index (χ1) is 8.95. The van der Waals surface area contributed by atoms with E-state index >= 15 is 0 Å². The van der Waals surface area contributed by atoms with Crippen LogP contribution in [-0.4, -0.2) is 25.3 Å². The van der Waals surface area contributed by atoms with Crippen molar-refractivity contribution in [1.82, 2.24) is 5.32 Å². The predicted octanol–water partition coefficient (Wildman–Crippen LogP) is 2.98. The topological polar surface area (TPSA) is 41.5 Å². The summed E-state index contributed by atoms with van der Waals surface area (Å²) in [7, 11) is 1.66. The first kappa shape index (κ1) is 16.0. The fraction of sp³-hybridized carbons (Fsp3) is 0.625. The van der Waals surface area contributed by atoms with Crippen LogP contribution in [0.15, 0.2) is 12.1 Å². The van der Waals surface area contributed by atoms with Crippen LogP contribution in [0.25, 0.3) is 0 Å². The molecular formula is C16H27NO2. The molecule has 1 rings (SSSR count). The lowest BCUT2D eigenvalue weighted by molar-refractivity contribution is 0.173. The van der Waals surface area contributed by atoms with Gasteiger partial charge >= 0.3 is 0 Å². The van der Waals surface area contributed by atoms with E-state index in [2.05, 4.69) is 19.2 Å². The van der Waals surface area contributed by atoms with Crippen LogP contribution in [0.5, 0.6) is 5.75 Å². The Hall–Kier alpha value is -1.06. The van der Waals surface area contributed by atoms with Crippen LogP contribution in [0.2, 0.25) is 0 Å². The quantitative estimate of drug-likeness (QED) is 0.745. The summed E-state index contributed by atoms with van der Waals surface area (Å²) in [5.41, 5.74) is 3.17. The third kappa shape index (κ3) is 4.84. The zero-order valence-corrected chi connectivity index (χ0v) is 12.8. The Bertz CT molecular complexity index is 379. The molecule has 0 heterocycles. The minimum Gasteiger partial charge on any atom is -0.497 e. The number of aryl methyl sites for hydroxylation is 2. The highest BCUT2D eigenvalue weighted by Gasteiger charge is 2.14. The Kier molecular flexibility index (Phi) is 6.32. The highest BCUT2D eigenvalue weighted by molar-refractivity contribution is 5.42. The number of nitrogens with one attached hydrogen (secondary N) is 1. The standard InChI is InChI=1S/C16H27NO2/c1-11(2)6-7-17-10-15(18)16-12(3)8-14(19-5)9-13(16)4/h8-9,11,15,17-18H,6-7,10H2,1-5H3. The summed E-state index contributed by atoms with van der Waals surface area (Å²) < 4.78 is 5.24. The van der Waals surface area contributed by atoms with Gasteiger partial charge in [-0.1, -0.05) is 13.8 Å². The van der Waals surface area contributed by atoms with Gasteiger partial charge in [-0.15, -0.1) is 0 Å². The third-order valence-electron chi connectivity index (χ3n) is 3.37.